The van der Waals surface area contributed by atoms with Gasteiger partial charge in [0.1, 0.15) is 5.75 Å². The number of para-hydroxylation sites is 1. The molecule has 1 N–H and O–H groups in total. The van der Waals surface area contributed by atoms with Gasteiger partial charge in [-0.15, -0.1) is 0 Å². The number of fused-ring (bicyclic) bond motifs is 1. The summed E-state index contributed by atoms with van der Waals surface area (Å²) >= 11 is 0. The molecule has 0 aromatic heterocycles. The van der Waals surface area contributed by atoms with Gasteiger partial charge in [-0.05, 0) is 36.2 Å². The van der Waals surface area contributed by atoms with Gasteiger partial charge in [0.05, 0.1) is 12.8 Å². The van der Waals surface area contributed by atoms with E-state index in [1.807, 2.05) is 12.1 Å². The van der Waals surface area contributed by atoms with E-state index in [1.54, 1.807) is 13.2 Å². The van der Waals surface area contributed by atoms with Gasteiger partial charge in [0.15, 0.2) is 5.78 Å². The van der Waals surface area contributed by atoms with E-state index in [2.05, 4.69) is 39.4 Å². The van der Waals surface area contributed by atoms with Crippen molar-refractivity contribution in [1.82, 2.24) is 4.90 Å². The second kappa shape index (κ2) is 8.66. The van der Waals surface area contributed by atoms with Crippen LogP contribution >= 0.6 is 0 Å². The lowest BCUT2D eigenvalue weighted by molar-refractivity contribution is -0.116. The number of hydrogen-bond donors (Lipinski definition) is 1. The third kappa shape index (κ3) is 4.27. The second-order valence-corrected chi connectivity index (χ2v) is 7.55. The third-order valence-corrected chi connectivity index (χ3v) is 5.81. The lowest BCUT2D eigenvalue weighted by Crippen LogP contribution is -2.46. The number of ether oxygens (including phenoxy) is 1. The minimum Gasteiger partial charge on any atom is -0.495 e. The van der Waals surface area contributed by atoms with Gasteiger partial charge >= 0.3 is 0 Å². The first-order valence-corrected chi connectivity index (χ1v) is 10.2. The fourth-order valence-corrected chi connectivity index (χ4v) is 4.16. The monoisotopic (exact) mass is 393 g/mol. The van der Waals surface area contributed by atoms with Crippen LogP contribution in [0.25, 0.3) is 0 Å². The maximum atomic E-state index is 12.9. The summed E-state index contributed by atoms with van der Waals surface area (Å²) in [7, 11) is 1.58. The second-order valence-electron chi connectivity index (χ2n) is 7.55. The van der Waals surface area contributed by atoms with Crippen LogP contribution in [0.2, 0.25) is 0 Å². The van der Waals surface area contributed by atoms with Crippen molar-refractivity contribution < 1.29 is 14.3 Å². The molecule has 0 atom stereocenters. The summed E-state index contributed by atoms with van der Waals surface area (Å²) < 4.78 is 5.36. The molecule has 0 radical (unpaired) electrons. The molecule has 2 aliphatic heterocycles. The van der Waals surface area contributed by atoms with Crippen molar-refractivity contribution in [3.05, 3.63) is 53.6 Å². The Morgan fingerprint density at radius 1 is 1.03 bits per heavy atom. The molecule has 1 fully saturated rings. The number of benzene rings is 2. The number of piperazine rings is 1. The zero-order valence-corrected chi connectivity index (χ0v) is 16.8. The Hall–Kier alpha value is -2.86. The summed E-state index contributed by atoms with van der Waals surface area (Å²) in [6.45, 7) is 4.62. The molecule has 29 heavy (non-hydrogen) atoms. The Kier molecular flexibility index (Phi) is 5.81. The van der Waals surface area contributed by atoms with Crippen molar-refractivity contribution >= 4 is 23.1 Å². The summed E-state index contributed by atoms with van der Waals surface area (Å²) in [4.78, 5) is 29.5. The van der Waals surface area contributed by atoms with Crippen LogP contribution in [0.1, 0.15) is 28.8 Å². The average Bonchev–Trinajstić information content (AvgIpc) is 2.77. The summed E-state index contributed by atoms with van der Waals surface area (Å²) in [6, 6.07) is 14.1. The molecule has 6 heteroatoms. The van der Waals surface area contributed by atoms with Gasteiger partial charge in [-0.3, -0.25) is 14.5 Å². The van der Waals surface area contributed by atoms with Crippen LogP contribution in [0.15, 0.2) is 42.5 Å². The average molecular weight is 393 g/mol. The van der Waals surface area contributed by atoms with Crippen molar-refractivity contribution in [2.75, 3.05) is 50.1 Å². The molecule has 6 nitrogen and oxygen atoms in total. The highest BCUT2D eigenvalue weighted by molar-refractivity contribution is 6.03. The number of amides is 1. The van der Waals surface area contributed by atoms with Crippen LogP contribution in [0.3, 0.4) is 0 Å². The smallest absolute Gasteiger partial charge is 0.224 e. The van der Waals surface area contributed by atoms with Crippen molar-refractivity contribution in [3.8, 4) is 5.75 Å². The van der Waals surface area contributed by atoms with Crippen molar-refractivity contribution in [3.63, 3.8) is 0 Å². The quantitative estimate of drug-likeness (QED) is 0.765. The summed E-state index contributed by atoms with van der Waals surface area (Å²) in [5.41, 5.74) is 3.53. The van der Waals surface area contributed by atoms with E-state index in [0.29, 0.717) is 36.3 Å². The van der Waals surface area contributed by atoms with Gasteiger partial charge in [0.25, 0.3) is 0 Å². The number of hydrogen-bond acceptors (Lipinski definition) is 5. The normalized spacial score (nSPS) is 16.9. The van der Waals surface area contributed by atoms with Gasteiger partial charge in [0, 0.05) is 56.8 Å². The molecule has 2 aromatic rings. The minimum atomic E-state index is -0.0308. The Balaban J connectivity index is 1.36. The molecule has 4 rings (SSSR count). The number of nitrogens with zero attached hydrogens (tertiary/aromatic N) is 2. The Morgan fingerprint density at radius 3 is 2.52 bits per heavy atom. The molecule has 1 saturated heterocycles. The highest BCUT2D eigenvalue weighted by Crippen LogP contribution is 2.35. The molecule has 2 heterocycles. The number of carbonyl (C=O) groups excluding carboxylic acids is 2. The Bertz CT molecular complexity index is 890. The molecular weight excluding hydrogens is 366 g/mol. The van der Waals surface area contributed by atoms with Crippen molar-refractivity contribution in [2.45, 2.75) is 19.3 Å². The maximum absolute atomic E-state index is 12.9. The third-order valence-electron chi connectivity index (χ3n) is 5.81. The Morgan fingerprint density at radius 2 is 1.79 bits per heavy atom. The van der Waals surface area contributed by atoms with Gasteiger partial charge in [-0.2, -0.15) is 0 Å². The zero-order chi connectivity index (χ0) is 20.2. The molecule has 0 aliphatic carbocycles. The molecule has 2 aromatic carbocycles. The topological polar surface area (TPSA) is 61.9 Å². The van der Waals surface area contributed by atoms with Crippen molar-refractivity contribution in [1.29, 1.82) is 0 Å². The minimum absolute atomic E-state index is 0.0308. The standard InChI is InChI=1S/C23H27N3O3/c1-29-21-9-7-18(19-8-10-22(28)24-23(19)21)20(27)11-12-25-13-15-26(16-14-25)17-5-3-2-4-6-17/h2-7,9H,8,10-16H2,1H3,(H,24,28). The van der Waals surface area contributed by atoms with Gasteiger partial charge in [-0.1, -0.05) is 18.2 Å². The van der Waals surface area contributed by atoms with Gasteiger partial charge in [-0.25, -0.2) is 0 Å². The van der Waals surface area contributed by atoms with E-state index < -0.39 is 0 Å². The number of nitrogens with one attached hydrogen (secondary N) is 1. The molecule has 1 amide bonds. The van der Waals surface area contributed by atoms with E-state index in [0.717, 1.165) is 38.3 Å². The first-order valence-electron chi connectivity index (χ1n) is 10.2. The number of rotatable bonds is 6. The SMILES string of the molecule is COc1ccc(C(=O)CCN2CCN(c3ccccc3)CC2)c2c1NC(=O)CC2. The van der Waals surface area contributed by atoms with Crippen LogP contribution in [-0.2, 0) is 11.2 Å². The van der Waals surface area contributed by atoms with Crippen LogP contribution < -0.4 is 15.0 Å². The summed E-state index contributed by atoms with van der Waals surface area (Å²) in [6.07, 6.45) is 1.47. The summed E-state index contributed by atoms with van der Waals surface area (Å²) in [5.74, 6) is 0.712. The molecule has 0 saturated carbocycles. The first kappa shape index (κ1) is 19.5. The van der Waals surface area contributed by atoms with E-state index in [4.69, 9.17) is 4.74 Å². The number of anilines is 2. The van der Waals surface area contributed by atoms with E-state index >= 15 is 0 Å². The fraction of sp³-hybridized carbons (Fsp3) is 0.391. The first-order chi connectivity index (χ1) is 14.2. The number of methoxy groups -OCH3 is 1. The van der Waals surface area contributed by atoms with E-state index in [1.165, 1.54) is 5.69 Å². The molecule has 2 aliphatic rings. The predicted molar refractivity (Wildman–Crippen MR) is 114 cm³/mol. The largest absolute Gasteiger partial charge is 0.495 e. The molecule has 0 bridgehead atoms. The Labute approximate surface area is 171 Å². The van der Waals surface area contributed by atoms with Crippen LogP contribution in [0.4, 0.5) is 11.4 Å². The lowest BCUT2D eigenvalue weighted by atomic mass is 9.93. The molecule has 152 valence electrons. The van der Waals surface area contributed by atoms with Crippen molar-refractivity contribution in [2.24, 2.45) is 0 Å². The number of Topliss-reactive ketones (excluding diaryl/α,β-unsaturated/α-hetero) is 1. The molecule has 0 unspecified atom stereocenters. The summed E-state index contributed by atoms with van der Waals surface area (Å²) in [5, 5.41) is 2.87. The van der Waals surface area contributed by atoms with Crippen LogP contribution in [0, 0.1) is 0 Å². The van der Waals surface area contributed by atoms with Crippen LogP contribution in [-0.4, -0.2) is 56.4 Å². The number of carbonyl (C=O) groups is 2. The molecular formula is C23H27N3O3. The lowest BCUT2D eigenvalue weighted by Gasteiger charge is -2.36. The zero-order valence-electron chi connectivity index (χ0n) is 16.8. The van der Waals surface area contributed by atoms with Crippen LogP contribution in [0.5, 0.6) is 5.75 Å². The van der Waals surface area contributed by atoms with E-state index in [9.17, 15) is 9.59 Å². The molecule has 0 spiro atoms. The van der Waals surface area contributed by atoms with E-state index in [-0.39, 0.29) is 11.7 Å². The fourth-order valence-electron chi connectivity index (χ4n) is 4.16. The highest BCUT2D eigenvalue weighted by Gasteiger charge is 2.25. The van der Waals surface area contributed by atoms with Gasteiger partial charge < -0.3 is 15.0 Å². The number of ketones is 1. The predicted octanol–water partition coefficient (Wildman–Crippen LogP) is 2.97. The maximum Gasteiger partial charge on any atom is 0.224 e. The highest BCUT2D eigenvalue weighted by atomic mass is 16.5. The van der Waals surface area contributed by atoms with Gasteiger partial charge in [0.2, 0.25) is 5.91 Å².